The van der Waals surface area contributed by atoms with Crippen LogP contribution in [0.5, 0.6) is 17.2 Å². The van der Waals surface area contributed by atoms with Crippen molar-refractivity contribution >= 4 is 11.6 Å². The molecule has 1 N–H and O–H groups in total. The van der Waals surface area contributed by atoms with Gasteiger partial charge in [-0.15, -0.1) is 0 Å². The molecule has 124 valence electrons. The van der Waals surface area contributed by atoms with Gasteiger partial charge in [-0.3, -0.25) is 0 Å². The molecule has 0 aliphatic rings. The van der Waals surface area contributed by atoms with E-state index in [2.05, 4.69) is 12.2 Å². The Morgan fingerprint density at radius 1 is 1.00 bits per heavy atom. The SMILES string of the molecule is COc1cc(CNC(C)c2ccccc2Cl)cc(OC)c1OC. The largest absolute Gasteiger partial charge is 0.493 e. The van der Waals surface area contributed by atoms with Crippen LogP contribution in [0.3, 0.4) is 0 Å². The maximum atomic E-state index is 6.24. The Bertz CT molecular complexity index is 635. The second-order valence-corrected chi connectivity index (χ2v) is 5.56. The monoisotopic (exact) mass is 335 g/mol. The summed E-state index contributed by atoms with van der Waals surface area (Å²) in [5.74, 6) is 1.89. The van der Waals surface area contributed by atoms with E-state index >= 15 is 0 Å². The highest BCUT2D eigenvalue weighted by Gasteiger charge is 2.14. The third-order valence-electron chi connectivity index (χ3n) is 3.71. The molecule has 2 rings (SSSR count). The van der Waals surface area contributed by atoms with Gasteiger partial charge in [0.25, 0.3) is 0 Å². The molecule has 0 aromatic heterocycles. The Labute approximate surface area is 142 Å². The highest BCUT2D eigenvalue weighted by Crippen LogP contribution is 2.38. The van der Waals surface area contributed by atoms with Gasteiger partial charge in [0.15, 0.2) is 11.5 Å². The minimum atomic E-state index is 0.128. The summed E-state index contributed by atoms with van der Waals surface area (Å²) in [6, 6.07) is 11.8. The molecule has 0 radical (unpaired) electrons. The van der Waals surface area contributed by atoms with Gasteiger partial charge in [-0.1, -0.05) is 29.8 Å². The molecule has 1 atom stereocenters. The number of nitrogens with one attached hydrogen (secondary N) is 1. The number of benzene rings is 2. The Kier molecular flexibility index (Phi) is 6.13. The second-order valence-electron chi connectivity index (χ2n) is 5.16. The van der Waals surface area contributed by atoms with Crippen LogP contribution in [0.1, 0.15) is 24.1 Å². The van der Waals surface area contributed by atoms with Gasteiger partial charge in [0.05, 0.1) is 21.3 Å². The quantitative estimate of drug-likeness (QED) is 0.822. The lowest BCUT2D eigenvalue weighted by Crippen LogP contribution is -2.18. The molecule has 0 amide bonds. The van der Waals surface area contributed by atoms with Gasteiger partial charge >= 0.3 is 0 Å². The molecular weight excluding hydrogens is 314 g/mol. The van der Waals surface area contributed by atoms with Gasteiger partial charge in [-0.2, -0.15) is 0 Å². The van der Waals surface area contributed by atoms with Crippen LogP contribution < -0.4 is 19.5 Å². The second kappa shape index (κ2) is 8.09. The first kappa shape index (κ1) is 17.4. The molecule has 0 bridgehead atoms. The predicted molar refractivity (Wildman–Crippen MR) is 92.8 cm³/mol. The van der Waals surface area contributed by atoms with Gasteiger partial charge < -0.3 is 19.5 Å². The molecule has 5 heteroatoms. The fourth-order valence-corrected chi connectivity index (χ4v) is 2.74. The lowest BCUT2D eigenvalue weighted by molar-refractivity contribution is 0.323. The molecule has 23 heavy (non-hydrogen) atoms. The minimum Gasteiger partial charge on any atom is -0.493 e. The van der Waals surface area contributed by atoms with Crippen molar-refractivity contribution in [2.75, 3.05) is 21.3 Å². The van der Waals surface area contributed by atoms with Crippen molar-refractivity contribution in [2.45, 2.75) is 19.5 Å². The molecule has 1 unspecified atom stereocenters. The van der Waals surface area contributed by atoms with E-state index in [1.807, 2.05) is 36.4 Å². The van der Waals surface area contributed by atoms with Crippen LogP contribution in [0.15, 0.2) is 36.4 Å². The first-order valence-electron chi connectivity index (χ1n) is 7.37. The maximum Gasteiger partial charge on any atom is 0.203 e. The summed E-state index contributed by atoms with van der Waals surface area (Å²) < 4.78 is 16.1. The van der Waals surface area contributed by atoms with E-state index in [9.17, 15) is 0 Å². The third kappa shape index (κ3) is 4.09. The van der Waals surface area contributed by atoms with Crippen molar-refractivity contribution in [3.63, 3.8) is 0 Å². The molecule has 2 aromatic rings. The molecule has 2 aromatic carbocycles. The zero-order valence-electron chi connectivity index (χ0n) is 13.9. The van der Waals surface area contributed by atoms with Gasteiger partial charge in [-0.25, -0.2) is 0 Å². The van der Waals surface area contributed by atoms with Crippen molar-refractivity contribution in [3.8, 4) is 17.2 Å². The normalized spacial score (nSPS) is 11.9. The van der Waals surface area contributed by atoms with Gasteiger partial charge in [0.1, 0.15) is 0 Å². The van der Waals surface area contributed by atoms with Crippen LogP contribution in [-0.2, 0) is 6.54 Å². The Morgan fingerprint density at radius 2 is 1.61 bits per heavy atom. The highest BCUT2D eigenvalue weighted by molar-refractivity contribution is 6.31. The van der Waals surface area contributed by atoms with E-state index < -0.39 is 0 Å². The summed E-state index contributed by atoms with van der Waals surface area (Å²) in [4.78, 5) is 0. The lowest BCUT2D eigenvalue weighted by Gasteiger charge is -2.18. The highest BCUT2D eigenvalue weighted by atomic mass is 35.5. The van der Waals surface area contributed by atoms with Crippen molar-refractivity contribution < 1.29 is 14.2 Å². The van der Waals surface area contributed by atoms with Gasteiger partial charge in [-0.05, 0) is 36.2 Å². The van der Waals surface area contributed by atoms with Crippen LogP contribution in [0.25, 0.3) is 0 Å². The molecule has 4 nitrogen and oxygen atoms in total. The Morgan fingerprint density at radius 3 is 2.13 bits per heavy atom. The summed E-state index contributed by atoms with van der Waals surface area (Å²) in [6.07, 6.45) is 0. The molecule has 0 aliphatic heterocycles. The number of hydrogen-bond acceptors (Lipinski definition) is 4. The third-order valence-corrected chi connectivity index (χ3v) is 4.05. The van der Waals surface area contributed by atoms with E-state index in [1.54, 1.807) is 21.3 Å². The number of rotatable bonds is 7. The maximum absolute atomic E-state index is 6.24. The summed E-state index contributed by atoms with van der Waals surface area (Å²) in [5.41, 5.74) is 2.11. The summed E-state index contributed by atoms with van der Waals surface area (Å²) in [5, 5.41) is 4.22. The number of methoxy groups -OCH3 is 3. The first-order valence-corrected chi connectivity index (χ1v) is 7.75. The standard InChI is InChI=1S/C18H22ClNO3/c1-12(14-7-5-6-8-15(14)19)20-11-13-9-16(21-2)18(23-4)17(10-13)22-3/h5-10,12,20H,11H2,1-4H3. The topological polar surface area (TPSA) is 39.7 Å². The van der Waals surface area contributed by atoms with Crippen molar-refractivity contribution in [3.05, 3.63) is 52.5 Å². The van der Waals surface area contributed by atoms with E-state index in [1.165, 1.54) is 0 Å². The van der Waals surface area contributed by atoms with E-state index in [4.69, 9.17) is 25.8 Å². The number of halogens is 1. The first-order chi connectivity index (χ1) is 11.1. The zero-order chi connectivity index (χ0) is 16.8. The Balaban J connectivity index is 2.16. The van der Waals surface area contributed by atoms with E-state index in [0.717, 1.165) is 16.1 Å². The summed E-state index contributed by atoms with van der Waals surface area (Å²) in [6.45, 7) is 2.74. The van der Waals surface area contributed by atoms with Gasteiger partial charge in [0, 0.05) is 17.6 Å². The van der Waals surface area contributed by atoms with E-state index in [0.29, 0.717) is 23.8 Å². The fourth-order valence-electron chi connectivity index (χ4n) is 2.44. The Hall–Kier alpha value is -1.91. The van der Waals surface area contributed by atoms with Crippen LogP contribution >= 0.6 is 11.6 Å². The smallest absolute Gasteiger partial charge is 0.203 e. The van der Waals surface area contributed by atoms with Crippen molar-refractivity contribution in [2.24, 2.45) is 0 Å². The fraction of sp³-hybridized carbons (Fsp3) is 0.333. The number of ether oxygens (including phenoxy) is 3. The van der Waals surface area contributed by atoms with Gasteiger partial charge in [0.2, 0.25) is 5.75 Å². The van der Waals surface area contributed by atoms with Crippen LogP contribution in [0, 0.1) is 0 Å². The van der Waals surface area contributed by atoms with E-state index in [-0.39, 0.29) is 6.04 Å². The van der Waals surface area contributed by atoms with Crippen molar-refractivity contribution in [1.29, 1.82) is 0 Å². The average Bonchev–Trinajstić information content (AvgIpc) is 2.58. The van der Waals surface area contributed by atoms with Crippen LogP contribution in [-0.4, -0.2) is 21.3 Å². The molecule has 0 aliphatic carbocycles. The molecule has 0 saturated heterocycles. The van der Waals surface area contributed by atoms with Crippen LogP contribution in [0.4, 0.5) is 0 Å². The predicted octanol–water partition coefficient (Wildman–Crippen LogP) is 4.22. The lowest BCUT2D eigenvalue weighted by atomic mass is 10.1. The molecule has 0 fully saturated rings. The zero-order valence-corrected chi connectivity index (χ0v) is 14.6. The van der Waals surface area contributed by atoms with Crippen LogP contribution in [0.2, 0.25) is 5.02 Å². The number of hydrogen-bond donors (Lipinski definition) is 1. The average molecular weight is 336 g/mol. The minimum absolute atomic E-state index is 0.128. The summed E-state index contributed by atoms with van der Waals surface area (Å²) in [7, 11) is 4.82. The molecule has 0 spiro atoms. The molecule has 0 heterocycles. The molecule has 0 saturated carbocycles. The molecular formula is C18H22ClNO3. The summed E-state index contributed by atoms with van der Waals surface area (Å²) >= 11 is 6.24. The van der Waals surface area contributed by atoms with Crippen molar-refractivity contribution in [1.82, 2.24) is 5.32 Å².